The van der Waals surface area contributed by atoms with Crippen molar-refractivity contribution in [2.75, 3.05) is 6.61 Å². The molecule has 0 radical (unpaired) electrons. The van der Waals surface area contributed by atoms with Gasteiger partial charge in [0, 0.05) is 24.9 Å². The normalized spacial score (nSPS) is 10.7. The lowest BCUT2D eigenvalue weighted by Crippen LogP contribution is -2.24. The summed E-state index contributed by atoms with van der Waals surface area (Å²) in [5.74, 6) is -0.122. The molecule has 140 valence electrons. The maximum atomic E-state index is 12.2. The Morgan fingerprint density at radius 1 is 1.22 bits per heavy atom. The number of carbonyl (C=O) groups excluding carboxylic acids is 1. The molecule has 0 fully saturated rings. The summed E-state index contributed by atoms with van der Waals surface area (Å²) in [5.41, 5.74) is 1.73. The number of carboxylic acids is 1. The summed E-state index contributed by atoms with van der Waals surface area (Å²) in [6, 6.07) is 9.00. The van der Waals surface area contributed by atoms with E-state index >= 15 is 0 Å². The van der Waals surface area contributed by atoms with Gasteiger partial charge in [-0.15, -0.1) is 5.10 Å². The molecule has 0 atom stereocenters. The van der Waals surface area contributed by atoms with Crippen LogP contribution in [-0.2, 0) is 11.3 Å². The summed E-state index contributed by atoms with van der Waals surface area (Å²) in [7, 11) is 0. The Kier molecular flexibility index (Phi) is 5.60. The van der Waals surface area contributed by atoms with E-state index in [0.717, 1.165) is 11.3 Å². The molecule has 3 aromatic rings. The van der Waals surface area contributed by atoms with Crippen LogP contribution in [0.4, 0.5) is 0 Å². The minimum Gasteiger partial charge on any atom is -0.494 e. The molecule has 0 aliphatic rings. The van der Waals surface area contributed by atoms with E-state index in [1.165, 1.54) is 4.52 Å². The fourth-order valence-corrected chi connectivity index (χ4v) is 2.38. The average molecular weight is 369 g/mol. The van der Waals surface area contributed by atoms with Crippen LogP contribution in [0.2, 0.25) is 0 Å². The van der Waals surface area contributed by atoms with E-state index in [0.29, 0.717) is 31.1 Å². The molecule has 27 heavy (non-hydrogen) atoms. The molecule has 0 aliphatic heterocycles. The van der Waals surface area contributed by atoms with E-state index < -0.39 is 5.97 Å². The van der Waals surface area contributed by atoms with Crippen LogP contribution in [0.1, 0.15) is 34.7 Å². The zero-order valence-corrected chi connectivity index (χ0v) is 14.8. The second kappa shape index (κ2) is 8.26. The molecule has 0 bridgehead atoms. The van der Waals surface area contributed by atoms with Crippen molar-refractivity contribution >= 4 is 17.7 Å². The minimum atomic E-state index is -0.837. The smallest absolute Gasteiger partial charge is 0.303 e. The van der Waals surface area contributed by atoms with E-state index in [1.54, 1.807) is 24.4 Å². The van der Waals surface area contributed by atoms with Gasteiger partial charge in [-0.2, -0.15) is 4.98 Å². The van der Waals surface area contributed by atoms with Gasteiger partial charge in [-0.05, 0) is 37.1 Å². The van der Waals surface area contributed by atoms with Crippen LogP contribution >= 0.6 is 0 Å². The van der Waals surface area contributed by atoms with Crippen molar-refractivity contribution in [2.45, 2.75) is 26.3 Å². The fourth-order valence-electron chi connectivity index (χ4n) is 2.38. The summed E-state index contributed by atoms with van der Waals surface area (Å²) in [6.45, 7) is 2.52. The molecule has 0 saturated carbocycles. The number of hydrogen-bond donors (Lipinski definition) is 2. The van der Waals surface area contributed by atoms with Gasteiger partial charge in [0.05, 0.1) is 6.61 Å². The Morgan fingerprint density at radius 3 is 2.70 bits per heavy atom. The number of amides is 1. The van der Waals surface area contributed by atoms with Gasteiger partial charge >= 0.3 is 5.97 Å². The van der Waals surface area contributed by atoms with Gasteiger partial charge in [-0.25, -0.2) is 9.50 Å². The number of aryl methyl sites for hydroxylation is 1. The summed E-state index contributed by atoms with van der Waals surface area (Å²) >= 11 is 0. The number of aliphatic carboxylic acids is 1. The molecule has 9 heteroatoms. The zero-order chi connectivity index (χ0) is 19.2. The molecule has 9 nitrogen and oxygen atoms in total. The molecular formula is C18H19N5O4. The van der Waals surface area contributed by atoms with Crippen molar-refractivity contribution < 1.29 is 19.4 Å². The highest BCUT2D eigenvalue weighted by atomic mass is 16.5. The minimum absolute atomic E-state index is 0.0650. The Bertz CT molecular complexity index is 952. The number of carboxylic acid groups (broad SMARTS) is 1. The quantitative estimate of drug-likeness (QED) is 0.579. The number of fused-ring (bicyclic) bond motifs is 1. The average Bonchev–Trinajstić information content (AvgIpc) is 3.10. The van der Waals surface area contributed by atoms with E-state index in [2.05, 4.69) is 20.4 Å². The topological polar surface area (TPSA) is 119 Å². The van der Waals surface area contributed by atoms with Crippen molar-refractivity contribution in [3.63, 3.8) is 0 Å². The third-order valence-corrected chi connectivity index (χ3v) is 3.81. The maximum absolute atomic E-state index is 12.2. The van der Waals surface area contributed by atoms with Crippen molar-refractivity contribution in [1.29, 1.82) is 0 Å². The molecule has 3 rings (SSSR count). The van der Waals surface area contributed by atoms with Crippen molar-refractivity contribution in [3.8, 4) is 5.75 Å². The monoisotopic (exact) mass is 369 g/mol. The first-order valence-electron chi connectivity index (χ1n) is 8.43. The molecular weight excluding hydrogens is 350 g/mol. The SMILES string of the molecule is Cc1ccnc2nc(C(=O)NCc3ccc(OCCCC(=O)O)cc3)nn12. The number of nitrogens with zero attached hydrogens (tertiary/aromatic N) is 4. The summed E-state index contributed by atoms with van der Waals surface area (Å²) in [4.78, 5) is 30.9. The zero-order valence-electron chi connectivity index (χ0n) is 14.8. The van der Waals surface area contributed by atoms with Crippen LogP contribution in [0.25, 0.3) is 5.78 Å². The standard InChI is InChI=1S/C18H19N5O4/c1-12-8-9-19-18-21-16(22-23(12)18)17(26)20-11-13-4-6-14(7-5-13)27-10-2-3-15(24)25/h4-9H,2-3,10-11H2,1H3,(H,20,26)(H,24,25). The highest BCUT2D eigenvalue weighted by Crippen LogP contribution is 2.13. The largest absolute Gasteiger partial charge is 0.494 e. The van der Waals surface area contributed by atoms with Crippen molar-refractivity contribution in [1.82, 2.24) is 24.9 Å². The number of benzene rings is 1. The van der Waals surface area contributed by atoms with Crippen LogP contribution in [0.3, 0.4) is 0 Å². The van der Waals surface area contributed by atoms with E-state index in [9.17, 15) is 9.59 Å². The lowest BCUT2D eigenvalue weighted by Gasteiger charge is -2.07. The molecule has 1 aromatic carbocycles. The lowest BCUT2D eigenvalue weighted by atomic mass is 10.2. The van der Waals surface area contributed by atoms with Gasteiger partial charge in [0.15, 0.2) is 0 Å². The Morgan fingerprint density at radius 2 is 2.00 bits per heavy atom. The van der Waals surface area contributed by atoms with E-state index in [4.69, 9.17) is 9.84 Å². The molecule has 2 N–H and O–H groups in total. The third kappa shape index (κ3) is 4.78. The Hall–Kier alpha value is -3.49. The number of hydrogen-bond acceptors (Lipinski definition) is 6. The molecule has 0 aliphatic carbocycles. The number of carbonyl (C=O) groups is 2. The summed E-state index contributed by atoms with van der Waals surface area (Å²) in [6.07, 6.45) is 2.15. The maximum Gasteiger partial charge on any atom is 0.303 e. The van der Waals surface area contributed by atoms with Gasteiger partial charge in [-0.1, -0.05) is 12.1 Å². The van der Waals surface area contributed by atoms with Gasteiger partial charge < -0.3 is 15.2 Å². The molecule has 2 aromatic heterocycles. The molecule has 0 spiro atoms. The first kappa shape index (κ1) is 18.3. The summed E-state index contributed by atoms with van der Waals surface area (Å²) in [5, 5.41) is 15.5. The van der Waals surface area contributed by atoms with Gasteiger partial charge in [0.2, 0.25) is 5.82 Å². The first-order valence-corrected chi connectivity index (χ1v) is 8.43. The number of rotatable bonds is 8. The van der Waals surface area contributed by atoms with Gasteiger partial charge in [0.25, 0.3) is 11.7 Å². The van der Waals surface area contributed by atoms with Crippen molar-refractivity contribution in [3.05, 3.63) is 53.6 Å². The third-order valence-electron chi connectivity index (χ3n) is 3.81. The molecule has 1 amide bonds. The predicted molar refractivity (Wildman–Crippen MR) is 95.5 cm³/mol. The van der Waals surface area contributed by atoms with E-state index in [1.807, 2.05) is 19.1 Å². The predicted octanol–water partition coefficient (Wildman–Crippen LogP) is 1.61. The second-order valence-electron chi connectivity index (χ2n) is 5.91. The van der Waals surface area contributed by atoms with Crippen molar-refractivity contribution in [2.24, 2.45) is 0 Å². The Balaban J connectivity index is 1.52. The van der Waals surface area contributed by atoms with Crippen LogP contribution < -0.4 is 10.1 Å². The van der Waals surface area contributed by atoms with Crippen LogP contribution in [-0.4, -0.2) is 43.2 Å². The number of aromatic nitrogens is 4. The fraction of sp³-hybridized carbons (Fsp3) is 0.278. The highest BCUT2D eigenvalue weighted by Gasteiger charge is 2.14. The molecule has 0 saturated heterocycles. The number of ether oxygens (including phenoxy) is 1. The van der Waals surface area contributed by atoms with Gasteiger partial charge in [0.1, 0.15) is 5.75 Å². The van der Waals surface area contributed by atoms with Crippen LogP contribution in [0, 0.1) is 6.92 Å². The molecule has 0 unspecified atom stereocenters. The highest BCUT2D eigenvalue weighted by molar-refractivity contribution is 5.90. The van der Waals surface area contributed by atoms with E-state index in [-0.39, 0.29) is 18.2 Å². The first-order chi connectivity index (χ1) is 13.0. The van der Waals surface area contributed by atoms with Crippen LogP contribution in [0.15, 0.2) is 36.5 Å². The molecule has 2 heterocycles. The lowest BCUT2D eigenvalue weighted by molar-refractivity contribution is -0.137. The summed E-state index contributed by atoms with van der Waals surface area (Å²) < 4.78 is 6.99. The van der Waals surface area contributed by atoms with Gasteiger partial charge in [-0.3, -0.25) is 9.59 Å². The number of nitrogens with one attached hydrogen (secondary N) is 1. The Labute approximate surface area is 155 Å². The second-order valence-corrected chi connectivity index (χ2v) is 5.91. The van der Waals surface area contributed by atoms with Crippen LogP contribution in [0.5, 0.6) is 5.75 Å².